The Morgan fingerprint density at radius 2 is 1.73 bits per heavy atom. The average molecular weight is 234 g/mol. The second-order valence-electron chi connectivity index (χ2n) is 2.72. The fourth-order valence-corrected chi connectivity index (χ4v) is 1.05. The van der Waals surface area contributed by atoms with Gasteiger partial charge in [0.2, 0.25) is 0 Å². The third-order valence-corrected chi connectivity index (χ3v) is 1.78. The molecule has 0 amide bonds. The predicted octanol–water partition coefficient (Wildman–Crippen LogP) is 0.309. The fourth-order valence-electron chi connectivity index (χ4n) is 0.667. The molecule has 0 unspecified atom stereocenters. The number of hydrogen-bond acceptors (Lipinski definition) is 5. The summed E-state index contributed by atoms with van der Waals surface area (Å²) in [5, 5.41) is 0. The van der Waals surface area contributed by atoms with E-state index in [2.05, 4.69) is 20.8 Å². The molecule has 0 heterocycles. The van der Waals surface area contributed by atoms with Crippen LogP contribution in [0.15, 0.2) is 0 Å². The molecule has 0 aliphatic rings. The van der Waals surface area contributed by atoms with Gasteiger partial charge in [-0.15, -0.1) is 5.92 Å². The van der Waals surface area contributed by atoms with Gasteiger partial charge in [0.15, 0.2) is 0 Å². The first kappa shape index (κ1) is 13.9. The van der Waals surface area contributed by atoms with E-state index in [0.29, 0.717) is 12.8 Å². The Bertz CT molecular complexity index is 346. The Balaban J connectivity index is 3.44. The van der Waals surface area contributed by atoms with Gasteiger partial charge in [0, 0.05) is 19.8 Å². The molecule has 0 bridgehead atoms. The lowest BCUT2D eigenvalue weighted by Crippen LogP contribution is -2.03. The summed E-state index contributed by atoms with van der Waals surface area (Å²) in [5.74, 6) is 5.09. The number of carbonyl (C=O) groups excluding carboxylic acids is 1. The molecule has 0 spiro atoms. The Morgan fingerprint density at radius 3 is 2.20 bits per heavy atom. The monoisotopic (exact) mass is 234 g/mol. The molecule has 0 aromatic carbocycles. The van der Waals surface area contributed by atoms with E-state index in [-0.39, 0.29) is 19.2 Å². The van der Waals surface area contributed by atoms with E-state index >= 15 is 0 Å². The molecule has 0 saturated carbocycles. The van der Waals surface area contributed by atoms with Gasteiger partial charge in [-0.3, -0.25) is 8.98 Å². The van der Waals surface area contributed by atoms with E-state index in [9.17, 15) is 13.2 Å². The van der Waals surface area contributed by atoms with Gasteiger partial charge in [0.1, 0.15) is 6.61 Å². The SMILES string of the molecule is CC(=O)OCCC#CCCOS(C)(=O)=O. The minimum atomic E-state index is -3.37. The summed E-state index contributed by atoms with van der Waals surface area (Å²) in [7, 11) is -3.37. The van der Waals surface area contributed by atoms with Crippen molar-refractivity contribution in [2.24, 2.45) is 0 Å². The highest BCUT2D eigenvalue weighted by Crippen LogP contribution is 1.89. The van der Waals surface area contributed by atoms with Crippen molar-refractivity contribution in [1.29, 1.82) is 0 Å². The van der Waals surface area contributed by atoms with Gasteiger partial charge < -0.3 is 4.74 Å². The first-order valence-corrected chi connectivity index (χ1v) is 6.17. The molecule has 0 aromatic heterocycles. The van der Waals surface area contributed by atoms with E-state index in [1.165, 1.54) is 6.92 Å². The van der Waals surface area contributed by atoms with Crippen molar-refractivity contribution >= 4 is 16.1 Å². The summed E-state index contributed by atoms with van der Waals surface area (Å²) >= 11 is 0. The van der Waals surface area contributed by atoms with Gasteiger partial charge in [0.05, 0.1) is 12.9 Å². The number of ether oxygens (including phenoxy) is 1. The minimum absolute atomic E-state index is 0.0550. The predicted molar refractivity (Wildman–Crippen MR) is 54.4 cm³/mol. The lowest BCUT2D eigenvalue weighted by Gasteiger charge is -1.96. The molecular weight excluding hydrogens is 220 g/mol. The quantitative estimate of drug-likeness (QED) is 0.296. The zero-order valence-corrected chi connectivity index (χ0v) is 9.59. The lowest BCUT2D eigenvalue weighted by atomic mass is 10.4. The topological polar surface area (TPSA) is 69.7 Å². The van der Waals surface area contributed by atoms with Crippen molar-refractivity contribution in [3.8, 4) is 11.8 Å². The van der Waals surface area contributed by atoms with E-state index in [1.54, 1.807) is 0 Å². The van der Waals surface area contributed by atoms with Crippen molar-refractivity contribution in [2.75, 3.05) is 19.5 Å². The van der Waals surface area contributed by atoms with Gasteiger partial charge in [-0.1, -0.05) is 5.92 Å². The van der Waals surface area contributed by atoms with Gasteiger partial charge in [0.25, 0.3) is 10.1 Å². The zero-order chi connectivity index (χ0) is 11.7. The summed E-state index contributed by atoms with van der Waals surface area (Å²) in [6, 6.07) is 0. The van der Waals surface area contributed by atoms with Gasteiger partial charge in [-0.2, -0.15) is 8.42 Å². The molecule has 0 aliphatic heterocycles. The van der Waals surface area contributed by atoms with Crippen LogP contribution < -0.4 is 0 Å². The fraction of sp³-hybridized carbons (Fsp3) is 0.667. The van der Waals surface area contributed by atoms with Crippen molar-refractivity contribution in [2.45, 2.75) is 19.8 Å². The highest BCUT2D eigenvalue weighted by Gasteiger charge is 1.98. The molecule has 6 heteroatoms. The Kier molecular flexibility index (Phi) is 6.75. The number of hydrogen-bond donors (Lipinski definition) is 0. The highest BCUT2D eigenvalue weighted by atomic mass is 32.2. The van der Waals surface area contributed by atoms with Crippen LogP contribution in [0.4, 0.5) is 0 Å². The molecule has 0 aromatic rings. The van der Waals surface area contributed by atoms with E-state index in [1.807, 2.05) is 0 Å². The number of carbonyl (C=O) groups is 1. The van der Waals surface area contributed by atoms with E-state index in [4.69, 9.17) is 0 Å². The summed E-state index contributed by atoms with van der Waals surface area (Å²) in [5.41, 5.74) is 0. The molecule has 86 valence electrons. The van der Waals surface area contributed by atoms with Crippen LogP contribution in [0.1, 0.15) is 19.8 Å². The maximum absolute atomic E-state index is 10.5. The maximum Gasteiger partial charge on any atom is 0.302 e. The molecule has 0 rings (SSSR count). The van der Waals surface area contributed by atoms with Crippen molar-refractivity contribution in [3.05, 3.63) is 0 Å². The highest BCUT2D eigenvalue weighted by molar-refractivity contribution is 7.85. The van der Waals surface area contributed by atoms with Crippen LogP contribution in [0.5, 0.6) is 0 Å². The lowest BCUT2D eigenvalue weighted by molar-refractivity contribution is -0.140. The first-order chi connectivity index (χ1) is 6.92. The Hall–Kier alpha value is -1.06. The average Bonchev–Trinajstić information content (AvgIpc) is 2.07. The van der Waals surface area contributed by atoms with Crippen LogP contribution in [0.3, 0.4) is 0 Å². The molecule has 15 heavy (non-hydrogen) atoms. The summed E-state index contributed by atoms with van der Waals surface area (Å²) < 4.78 is 30.1. The van der Waals surface area contributed by atoms with Gasteiger partial charge in [-0.05, 0) is 0 Å². The summed E-state index contributed by atoms with van der Waals surface area (Å²) in [6.45, 7) is 1.64. The van der Waals surface area contributed by atoms with E-state index < -0.39 is 10.1 Å². The maximum atomic E-state index is 10.5. The van der Waals surface area contributed by atoms with Gasteiger partial charge >= 0.3 is 5.97 Å². The first-order valence-electron chi connectivity index (χ1n) is 4.35. The third kappa shape index (κ3) is 12.9. The standard InChI is InChI=1S/C9H14O5S/c1-9(10)13-7-5-3-4-6-8-14-15(2,11)12/h5-8H2,1-2H3. The number of rotatable bonds is 5. The Morgan fingerprint density at radius 1 is 1.20 bits per heavy atom. The summed E-state index contributed by atoms with van der Waals surface area (Å²) in [6.07, 6.45) is 1.77. The van der Waals surface area contributed by atoms with Crippen LogP contribution in [-0.4, -0.2) is 33.9 Å². The molecule has 0 saturated heterocycles. The van der Waals surface area contributed by atoms with Gasteiger partial charge in [-0.25, -0.2) is 0 Å². The smallest absolute Gasteiger partial charge is 0.302 e. The largest absolute Gasteiger partial charge is 0.465 e. The molecule has 0 N–H and O–H groups in total. The van der Waals surface area contributed by atoms with Crippen LogP contribution in [-0.2, 0) is 23.8 Å². The van der Waals surface area contributed by atoms with Crippen LogP contribution in [0.2, 0.25) is 0 Å². The van der Waals surface area contributed by atoms with Crippen molar-refractivity contribution in [1.82, 2.24) is 0 Å². The van der Waals surface area contributed by atoms with Crippen molar-refractivity contribution < 1.29 is 22.1 Å². The normalized spacial score (nSPS) is 10.3. The minimum Gasteiger partial charge on any atom is -0.465 e. The van der Waals surface area contributed by atoms with Crippen LogP contribution in [0.25, 0.3) is 0 Å². The zero-order valence-electron chi connectivity index (χ0n) is 8.78. The molecule has 5 nitrogen and oxygen atoms in total. The Labute approximate surface area is 89.9 Å². The molecular formula is C9H14O5S. The van der Waals surface area contributed by atoms with Crippen LogP contribution >= 0.6 is 0 Å². The third-order valence-electron chi connectivity index (χ3n) is 1.18. The summed E-state index contributed by atoms with van der Waals surface area (Å²) in [4.78, 5) is 10.3. The number of esters is 1. The van der Waals surface area contributed by atoms with Crippen molar-refractivity contribution in [3.63, 3.8) is 0 Å². The molecule has 0 radical (unpaired) electrons. The second-order valence-corrected chi connectivity index (χ2v) is 4.36. The molecule has 0 atom stereocenters. The van der Waals surface area contributed by atoms with E-state index in [0.717, 1.165) is 6.26 Å². The molecule has 0 aliphatic carbocycles. The second kappa shape index (κ2) is 7.26. The molecule has 0 fully saturated rings. The van der Waals surface area contributed by atoms with Crippen LogP contribution in [0, 0.1) is 11.8 Å².